The summed E-state index contributed by atoms with van der Waals surface area (Å²) in [5.41, 5.74) is 0.976. The fraction of sp³-hybridized carbons (Fsp3) is 0.182. The minimum absolute atomic E-state index is 0.301. The highest BCUT2D eigenvalue weighted by atomic mass is 79.9. The van der Waals surface area contributed by atoms with E-state index in [0.717, 1.165) is 5.56 Å². The summed E-state index contributed by atoms with van der Waals surface area (Å²) in [5.74, 6) is -0.316. The summed E-state index contributed by atoms with van der Waals surface area (Å²) >= 11 is 3.12. The Morgan fingerprint density at radius 1 is 1.50 bits per heavy atom. The van der Waals surface area contributed by atoms with Crippen LogP contribution in [0.25, 0.3) is 0 Å². The van der Waals surface area contributed by atoms with Crippen molar-refractivity contribution in [2.75, 3.05) is 0 Å². The fourth-order valence-corrected chi connectivity index (χ4v) is 1.04. The molecule has 3 heteroatoms. The molecule has 0 fully saturated rings. The van der Waals surface area contributed by atoms with Crippen LogP contribution in [0.3, 0.4) is 0 Å². The van der Waals surface area contributed by atoms with Crippen LogP contribution in [0.5, 0.6) is 0 Å². The second kappa shape index (κ2) is 5.60. The van der Waals surface area contributed by atoms with Crippen LogP contribution in [0.15, 0.2) is 43.0 Å². The van der Waals surface area contributed by atoms with Gasteiger partial charge in [0.25, 0.3) is 0 Å². The molecule has 14 heavy (non-hydrogen) atoms. The van der Waals surface area contributed by atoms with Gasteiger partial charge in [-0.05, 0) is 5.56 Å². The van der Waals surface area contributed by atoms with E-state index in [0.29, 0.717) is 6.61 Å². The lowest BCUT2D eigenvalue weighted by Crippen LogP contribution is -2.14. The van der Waals surface area contributed by atoms with Crippen LogP contribution in [0.4, 0.5) is 0 Å². The molecule has 1 aromatic rings. The zero-order valence-corrected chi connectivity index (χ0v) is 9.24. The molecule has 1 rings (SSSR count). The lowest BCUT2D eigenvalue weighted by Gasteiger charge is -2.06. The summed E-state index contributed by atoms with van der Waals surface area (Å²) in [5, 5.41) is 0. The molecule has 0 aliphatic carbocycles. The first-order valence-electron chi connectivity index (χ1n) is 4.21. The predicted octanol–water partition coefficient (Wildman–Crippen LogP) is 2.68. The number of halogens is 1. The van der Waals surface area contributed by atoms with Crippen molar-refractivity contribution >= 4 is 21.9 Å². The summed E-state index contributed by atoms with van der Waals surface area (Å²) in [7, 11) is 0. The Kier molecular flexibility index (Phi) is 4.40. The number of rotatable bonds is 4. The van der Waals surface area contributed by atoms with Crippen LogP contribution >= 0.6 is 15.9 Å². The number of hydrogen-bond donors (Lipinski definition) is 0. The summed E-state index contributed by atoms with van der Waals surface area (Å²) in [6, 6.07) is 9.54. The third kappa shape index (κ3) is 3.34. The molecule has 0 saturated carbocycles. The average Bonchev–Trinajstić information content (AvgIpc) is 2.26. The molecule has 0 N–H and O–H groups in total. The van der Waals surface area contributed by atoms with Gasteiger partial charge in [-0.1, -0.05) is 52.3 Å². The highest BCUT2D eigenvalue weighted by Crippen LogP contribution is 2.06. The summed E-state index contributed by atoms with van der Waals surface area (Å²) < 4.78 is 5.02. The number of carbonyl (C=O) groups is 1. The van der Waals surface area contributed by atoms with Crippen molar-refractivity contribution in [3.63, 3.8) is 0 Å². The molecule has 1 atom stereocenters. The van der Waals surface area contributed by atoms with Gasteiger partial charge in [-0.25, -0.2) is 0 Å². The van der Waals surface area contributed by atoms with Crippen LogP contribution in [-0.4, -0.2) is 10.8 Å². The highest BCUT2D eigenvalue weighted by Gasteiger charge is 2.11. The first-order chi connectivity index (χ1) is 6.74. The Morgan fingerprint density at radius 2 is 2.14 bits per heavy atom. The van der Waals surface area contributed by atoms with Crippen molar-refractivity contribution in [2.45, 2.75) is 11.4 Å². The smallest absolute Gasteiger partial charge is 0.323 e. The van der Waals surface area contributed by atoms with E-state index in [2.05, 4.69) is 22.5 Å². The molecule has 0 radical (unpaired) electrons. The van der Waals surface area contributed by atoms with Gasteiger partial charge in [0.1, 0.15) is 11.4 Å². The Labute approximate surface area is 91.7 Å². The van der Waals surface area contributed by atoms with Crippen LogP contribution in [0.2, 0.25) is 0 Å². The van der Waals surface area contributed by atoms with Gasteiger partial charge in [-0.3, -0.25) is 4.79 Å². The number of ether oxygens (including phenoxy) is 1. The van der Waals surface area contributed by atoms with Crippen molar-refractivity contribution in [3.05, 3.63) is 48.6 Å². The molecule has 1 aromatic carbocycles. The van der Waals surface area contributed by atoms with Crippen molar-refractivity contribution in [1.29, 1.82) is 0 Å². The summed E-state index contributed by atoms with van der Waals surface area (Å²) in [4.78, 5) is 10.8. The first-order valence-corrected chi connectivity index (χ1v) is 5.13. The second-order valence-corrected chi connectivity index (χ2v) is 3.72. The Bertz CT molecular complexity index is 308. The Balaban J connectivity index is 2.42. The molecule has 0 saturated heterocycles. The predicted molar refractivity (Wildman–Crippen MR) is 59.2 cm³/mol. The molecule has 0 aliphatic heterocycles. The SMILES string of the molecule is C=CC(Br)C(=O)OCc1ccccc1. The molecular weight excluding hydrogens is 244 g/mol. The second-order valence-electron chi connectivity index (χ2n) is 2.73. The number of alkyl halides is 1. The third-order valence-electron chi connectivity index (χ3n) is 1.66. The van der Waals surface area contributed by atoms with Gasteiger partial charge in [-0.15, -0.1) is 6.58 Å². The molecule has 0 amide bonds. The van der Waals surface area contributed by atoms with Gasteiger partial charge in [0, 0.05) is 0 Å². The van der Waals surface area contributed by atoms with Crippen molar-refractivity contribution in [3.8, 4) is 0 Å². The van der Waals surface area contributed by atoms with E-state index in [-0.39, 0.29) is 5.97 Å². The summed E-state index contributed by atoms with van der Waals surface area (Å²) in [6.07, 6.45) is 1.49. The van der Waals surface area contributed by atoms with Gasteiger partial charge in [0.15, 0.2) is 0 Å². The van der Waals surface area contributed by atoms with Crippen molar-refractivity contribution in [1.82, 2.24) is 0 Å². The van der Waals surface area contributed by atoms with Crippen LogP contribution in [0.1, 0.15) is 5.56 Å². The highest BCUT2D eigenvalue weighted by molar-refractivity contribution is 9.10. The van der Waals surface area contributed by atoms with Crippen LogP contribution in [0, 0.1) is 0 Å². The molecule has 74 valence electrons. The number of benzene rings is 1. The standard InChI is InChI=1S/C11H11BrO2/c1-2-10(12)11(13)14-8-9-6-4-3-5-7-9/h2-7,10H,1,8H2. The maximum atomic E-state index is 11.2. The molecule has 0 aromatic heterocycles. The lowest BCUT2D eigenvalue weighted by molar-refractivity contribution is -0.143. The van der Waals surface area contributed by atoms with Gasteiger partial charge in [-0.2, -0.15) is 0 Å². The Hall–Kier alpha value is -1.09. The molecule has 0 bridgehead atoms. The van der Waals surface area contributed by atoms with E-state index in [1.54, 1.807) is 0 Å². The normalized spacial score (nSPS) is 11.8. The zero-order valence-electron chi connectivity index (χ0n) is 7.65. The maximum absolute atomic E-state index is 11.2. The first kappa shape index (κ1) is 11.0. The Morgan fingerprint density at radius 3 is 2.71 bits per heavy atom. The number of esters is 1. The van der Waals surface area contributed by atoms with Gasteiger partial charge in [0.2, 0.25) is 0 Å². The van der Waals surface area contributed by atoms with E-state index in [1.807, 2.05) is 30.3 Å². The topological polar surface area (TPSA) is 26.3 Å². The quantitative estimate of drug-likeness (QED) is 0.469. The van der Waals surface area contributed by atoms with Gasteiger partial charge in [0.05, 0.1) is 0 Å². The minimum atomic E-state index is -0.425. The molecule has 0 heterocycles. The maximum Gasteiger partial charge on any atom is 0.323 e. The number of hydrogen-bond acceptors (Lipinski definition) is 2. The largest absolute Gasteiger partial charge is 0.460 e. The van der Waals surface area contributed by atoms with Crippen molar-refractivity contribution in [2.24, 2.45) is 0 Å². The average molecular weight is 255 g/mol. The lowest BCUT2D eigenvalue weighted by atomic mass is 10.2. The fourth-order valence-electron chi connectivity index (χ4n) is 0.905. The van der Waals surface area contributed by atoms with E-state index >= 15 is 0 Å². The molecule has 1 unspecified atom stereocenters. The van der Waals surface area contributed by atoms with E-state index < -0.39 is 4.83 Å². The monoisotopic (exact) mass is 254 g/mol. The van der Waals surface area contributed by atoms with Crippen molar-refractivity contribution < 1.29 is 9.53 Å². The van der Waals surface area contributed by atoms with E-state index in [4.69, 9.17) is 4.74 Å². The number of carbonyl (C=O) groups excluding carboxylic acids is 1. The molecular formula is C11H11BrO2. The minimum Gasteiger partial charge on any atom is -0.460 e. The molecule has 2 nitrogen and oxygen atoms in total. The van der Waals surface area contributed by atoms with Crippen LogP contribution in [-0.2, 0) is 16.1 Å². The zero-order chi connectivity index (χ0) is 10.4. The van der Waals surface area contributed by atoms with Gasteiger partial charge < -0.3 is 4.74 Å². The van der Waals surface area contributed by atoms with Crippen LogP contribution < -0.4 is 0 Å². The molecule has 0 spiro atoms. The third-order valence-corrected chi connectivity index (χ3v) is 2.40. The molecule has 0 aliphatic rings. The van der Waals surface area contributed by atoms with E-state index in [1.165, 1.54) is 6.08 Å². The van der Waals surface area contributed by atoms with Gasteiger partial charge >= 0.3 is 5.97 Å². The van der Waals surface area contributed by atoms with E-state index in [9.17, 15) is 4.79 Å². The summed E-state index contributed by atoms with van der Waals surface area (Å²) in [6.45, 7) is 3.79.